The third-order valence-corrected chi connectivity index (χ3v) is 4.82. The lowest BCUT2D eigenvalue weighted by Gasteiger charge is -2.07. The van der Waals surface area contributed by atoms with E-state index in [2.05, 4.69) is 20.5 Å². The molecule has 0 amide bonds. The second-order valence-electron chi connectivity index (χ2n) is 5.70. The van der Waals surface area contributed by atoms with Crippen LogP contribution in [-0.2, 0) is 0 Å². The Labute approximate surface area is 131 Å². The van der Waals surface area contributed by atoms with E-state index in [1.807, 2.05) is 18.2 Å². The van der Waals surface area contributed by atoms with Crippen molar-refractivity contribution in [3.8, 4) is 11.3 Å². The molecule has 0 atom stereocenters. The van der Waals surface area contributed by atoms with Gasteiger partial charge in [0.05, 0.1) is 5.02 Å². The summed E-state index contributed by atoms with van der Waals surface area (Å²) in [7, 11) is 0. The molecule has 2 aromatic rings. The molecule has 2 saturated carbocycles. The highest BCUT2D eigenvalue weighted by molar-refractivity contribution is 9.10. The Morgan fingerprint density at radius 3 is 2.60 bits per heavy atom. The molecule has 0 unspecified atom stereocenters. The Balaban J connectivity index is 1.87. The molecule has 0 spiro atoms. The molecular formula is C15H15BrClN3. The van der Waals surface area contributed by atoms with Crippen molar-refractivity contribution in [3.63, 3.8) is 0 Å². The van der Waals surface area contributed by atoms with Gasteiger partial charge in [-0.25, -0.2) is 4.98 Å². The first-order valence-electron chi connectivity index (χ1n) is 6.98. The Morgan fingerprint density at radius 1 is 1.25 bits per heavy atom. The minimum absolute atomic E-state index is 0.557. The molecule has 1 aromatic heterocycles. The maximum atomic E-state index is 6.38. The number of hydrogen-bond acceptors (Lipinski definition) is 2. The van der Waals surface area contributed by atoms with Gasteiger partial charge in [-0.05, 0) is 37.8 Å². The molecule has 0 aliphatic heterocycles. The lowest BCUT2D eigenvalue weighted by Crippen LogP contribution is -2.04. The van der Waals surface area contributed by atoms with E-state index < -0.39 is 0 Å². The van der Waals surface area contributed by atoms with Gasteiger partial charge in [-0.3, -0.25) is 0 Å². The van der Waals surface area contributed by atoms with Crippen molar-refractivity contribution < 1.29 is 0 Å². The average molecular weight is 353 g/mol. The van der Waals surface area contributed by atoms with Gasteiger partial charge in [-0.15, -0.1) is 0 Å². The van der Waals surface area contributed by atoms with Crippen molar-refractivity contribution in [2.24, 2.45) is 0 Å². The normalized spacial score (nSPS) is 18.5. The van der Waals surface area contributed by atoms with Gasteiger partial charge in [0.2, 0.25) is 0 Å². The molecule has 104 valence electrons. The van der Waals surface area contributed by atoms with Crippen LogP contribution in [0.25, 0.3) is 11.3 Å². The quantitative estimate of drug-likeness (QED) is 0.865. The van der Waals surface area contributed by atoms with Crippen LogP contribution in [0.5, 0.6) is 0 Å². The Hall–Kier alpha value is -1.00. The topological polar surface area (TPSA) is 43.8 Å². The van der Waals surface area contributed by atoms with Crippen molar-refractivity contribution >= 4 is 33.3 Å². The molecule has 0 bridgehead atoms. The fourth-order valence-corrected chi connectivity index (χ4v) is 3.45. The van der Waals surface area contributed by atoms with E-state index in [0.29, 0.717) is 17.0 Å². The molecule has 0 saturated heterocycles. The molecule has 2 N–H and O–H groups in total. The van der Waals surface area contributed by atoms with Crippen LogP contribution in [0.2, 0.25) is 5.02 Å². The zero-order chi connectivity index (χ0) is 13.9. The van der Waals surface area contributed by atoms with Crippen LogP contribution in [0.3, 0.4) is 0 Å². The van der Waals surface area contributed by atoms with Gasteiger partial charge in [0, 0.05) is 22.0 Å². The number of rotatable bonds is 3. The van der Waals surface area contributed by atoms with Gasteiger partial charge < -0.3 is 10.3 Å². The highest BCUT2D eigenvalue weighted by atomic mass is 79.9. The Bertz CT molecular complexity index is 687. The van der Waals surface area contributed by atoms with Crippen LogP contribution in [0.15, 0.2) is 22.7 Å². The lowest BCUT2D eigenvalue weighted by molar-refractivity contribution is 0.691. The maximum absolute atomic E-state index is 6.38. The van der Waals surface area contributed by atoms with Crippen molar-refractivity contribution in [1.29, 1.82) is 0 Å². The van der Waals surface area contributed by atoms with Crippen LogP contribution in [0.4, 0.5) is 5.82 Å². The lowest BCUT2D eigenvalue weighted by atomic mass is 10.1. The number of nitrogen functional groups attached to an aromatic ring is 1. The summed E-state index contributed by atoms with van der Waals surface area (Å²) in [6.45, 7) is 0. The predicted molar refractivity (Wildman–Crippen MR) is 85.0 cm³/mol. The number of benzene rings is 1. The van der Waals surface area contributed by atoms with Gasteiger partial charge in [-0.1, -0.05) is 33.6 Å². The third-order valence-electron chi connectivity index (χ3n) is 4.02. The number of halogens is 2. The Kier molecular flexibility index (Phi) is 2.86. The third kappa shape index (κ3) is 2.06. The molecule has 1 heterocycles. The standard InChI is InChI=1S/C15H15BrClN3/c16-9-3-6-11(12(17)7-9)13-14(18)20(10-4-5-10)15(19-13)8-1-2-8/h3,6-8,10H,1-2,4-5,18H2. The van der Waals surface area contributed by atoms with Crippen LogP contribution in [0, 0.1) is 0 Å². The van der Waals surface area contributed by atoms with Crippen LogP contribution in [-0.4, -0.2) is 9.55 Å². The summed E-state index contributed by atoms with van der Waals surface area (Å²) in [6.07, 6.45) is 4.90. The summed E-state index contributed by atoms with van der Waals surface area (Å²) in [5.41, 5.74) is 8.15. The van der Waals surface area contributed by atoms with Gasteiger partial charge in [0.25, 0.3) is 0 Å². The molecule has 3 nitrogen and oxygen atoms in total. The molecule has 20 heavy (non-hydrogen) atoms. The molecule has 4 rings (SSSR count). The summed E-state index contributed by atoms with van der Waals surface area (Å²) in [5.74, 6) is 2.54. The van der Waals surface area contributed by atoms with Gasteiger partial charge in [-0.2, -0.15) is 0 Å². The highest BCUT2D eigenvalue weighted by Gasteiger charge is 2.36. The number of imidazole rings is 1. The van der Waals surface area contributed by atoms with Crippen LogP contribution in [0.1, 0.15) is 43.5 Å². The van der Waals surface area contributed by atoms with Crippen LogP contribution >= 0.6 is 27.5 Å². The second kappa shape index (κ2) is 4.50. The molecule has 2 aliphatic rings. The van der Waals surface area contributed by atoms with Gasteiger partial charge in [0.15, 0.2) is 0 Å². The van der Waals surface area contributed by atoms with Gasteiger partial charge >= 0.3 is 0 Å². The van der Waals surface area contributed by atoms with E-state index >= 15 is 0 Å². The fourth-order valence-electron chi connectivity index (χ4n) is 2.69. The molecule has 2 fully saturated rings. The minimum atomic E-state index is 0.557. The van der Waals surface area contributed by atoms with Crippen molar-refractivity contribution in [2.75, 3.05) is 5.73 Å². The smallest absolute Gasteiger partial charge is 0.132 e. The highest BCUT2D eigenvalue weighted by Crippen LogP contribution is 2.48. The zero-order valence-corrected chi connectivity index (χ0v) is 13.3. The first kappa shape index (κ1) is 12.7. The number of aromatic nitrogens is 2. The molecule has 2 aliphatic carbocycles. The minimum Gasteiger partial charge on any atom is -0.383 e. The summed E-state index contributed by atoms with van der Waals surface area (Å²) >= 11 is 9.79. The average Bonchev–Trinajstić information content (AvgIpc) is 3.29. The number of anilines is 1. The number of nitrogens with zero attached hydrogens (tertiary/aromatic N) is 2. The fraction of sp³-hybridized carbons (Fsp3) is 0.400. The summed E-state index contributed by atoms with van der Waals surface area (Å²) in [6, 6.07) is 6.41. The number of nitrogens with two attached hydrogens (primary N) is 1. The molecule has 5 heteroatoms. The zero-order valence-electron chi connectivity index (χ0n) is 10.9. The van der Waals surface area contributed by atoms with Crippen molar-refractivity contribution in [1.82, 2.24) is 9.55 Å². The van der Waals surface area contributed by atoms with Gasteiger partial charge in [0.1, 0.15) is 17.3 Å². The van der Waals surface area contributed by atoms with E-state index in [0.717, 1.165) is 21.5 Å². The van der Waals surface area contributed by atoms with E-state index in [1.165, 1.54) is 31.5 Å². The maximum Gasteiger partial charge on any atom is 0.132 e. The molecule has 1 aromatic carbocycles. The summed E-state index contributed by atoms with van der Waals surface area (Å²) in [4.78, 5) is 4.83. The predicted octanol–water partition coefficient (Wildman–Crippen LogP) is 4.76. The second-order valence-corrected chi connectivity index (χ2v) is 7.03. The van der Waals surface area contributed by atoms with E-state index in [9.17, 15) is 0 Å². The van der Waals surface area contributed by atoms with Crippen molar-refractivity contribution in [3.05, 3.63) is 33.5 Å². The monoisotopic (exact) mass is 351 g/mol. The number of hydrogen-bond donors (Lipinski definition) is 1. The SMILES string of the molecule is Nc1c(-c2ccc(Br)cc2Cl)nc(C2CC2)n1C1CC1. The first-order valence-corrected chi connectivity index (χ1v) is 8.15. The Morgan fingerprint density at radius 2 is 2.00 bits per heavy atom. The van der Waals surface area contributed by atoms with E-state index in [4.69, 9.17) is 22.3 Å². The molecular weight excluding hydrogens is 338 g/mol. The summed E-state index contributed by atoms with van der Waals surface area (Å²) in [5, 5.41) is 0.689. The molecule has 0 radical (unpaired) electrons. The van der Waals surface area contributed by atoms with Crippen molar-refractivity contribution in [2.45, 2.75) is 37.6 Å². The first-order chi connectivity index (χ1) is 9.65. The largest absolute Gasteiger partial charge is 0.383 e. The van der Waals surface area contributed by atoms with Crippen LogP contribution < -0.4 is 5.73 Å². The summed E-state index contributed by atoms with van der Waals surface area (Å²) < 4.78 is 3.22. The van der Waals surface area contributed by atoms with E-state index in [-0.39, 0.29) is 0 Å². The van der Waals surface area contributed by atoms with E-state index in [1.54, 1.807) is 0 Å².